The van der Waals surface area contributed by atoms with Crippen molar-refractivity contribution in [3.05, 3.63) is 12.2 Å². The van der Waals surface area contributed by atoms with Crippen molar-refractivity contribution in [1.82, 2.24) is 15.2 Å². The van der Waals surface area contributed by atoms with Gasteiger partial charge in [0.1, 0.15) is 12.2 Å². The largest absolute Gasteiger partial charge is 0.263 e. The molecule has 0 amide bonds. The number of aromatic nitrogens is 3. The van der Waals surface area contributed by atoms with E-state index in [-0.39, 0.29) is 0 Å². The highest BCUT2D eigenvalue weighted by Crippen LogP contribution is 2.23. The first kappa shape index (κ1) is 11.2. The topological polar surface area (TPSA) is 41.6 Å². The van der Waals surface area contributed by atoms with Gasteiger partial charge in [-0.15, -0.1) is 0 Å². The van der Waals surface area contributed by atoms with Gasteiger partial charge in [0.25, 0.3) is 0 Å². The third-order valence-corrected chi connectivity index (χ3v) is 2.61. The Morgan fingerprint density at radius 1 is 1.21 bits per heavy atom. The average Bonchev–Trinajstić information content (AvgIpc) is 2.70. The number of hydrogen-bond donors (Lipinski definition) is 1. The highest BCUT2D eigenvalue weighted by molar-refractivity contribution is 4.92. The Kier molecular flexibility index (Phi) is 5.27. The van der Waals surface area contributed by atoms with E-state index in [0.29, 0.717) is 5.92 Å². The van der Waals surface area contributed by atoms with Crippen LogP contribution < -0.4 is 0 Å². The number of nitrogens with zero attached hydrogens (tertiary/aromatic N) is 2. The Balaban J connectivity index is 2.39. The fourth-order valence-electron chi connectivity index (χ4n) is 1.82. The summed E-state index contributed by atoms with van der Waals surface area (Å²) in [7, 11) is 0. The van der Waals surface area contributed by atoms with Crippen molar-refractivity contribution < 1.29 is 0 Å². The van der Waals surface area contributed by atoms with Gasteiger partial charge < -0.3 is 0 Å². The summed E-state index contributed by atoms with van der Waals surface area (Å²) in [6.45, 7) is 4.46. The maximum absolute atomic E-state index is 4.25. The molecule has 0 bridgehead atoms. The quantitative estimate of drug-likeness (QED) is 0.678. The molecule has 80 valence electrons. The summed E-state index contributed by atoms with van der Waals surface area (Å²) in [4.78, 5) is 4.25. The summed E-state index contributed by atoms with van der Waals surface area (Å²) in [5, 5.41) is 6.91. The van der Waals surface area contributed by atoms with Gasteiger partial charge in [-0.2, -0.15) is 5.10 Å². The summed E-state index contributed by atoms with van der Waals surface area (Å²) in [6.07, 6.45) is 9.22. The van der Waals surface area contributed by atoms with Crippen molar-refractivity contribution >= 4 is 0 Å². The van der Waals surface area contributed by atoms with E-state index in [1.54, 1.807) is 6.33 Å². The number of hydrogen-bond acceptors (Lipinski definition) is 2. The van der Waals surface area contributed by atoms with E-state index in [0.717, 1.165) is 5.82 Å². The van der Waals surface area contributed by atoms with E-state index in [9.17, 15) is 0 Å². The fraction of sp³-hybridized carbons (Fsp3) is 0.818. The molecule has 3 heteroatoms. The zero-order valence-corrected chi connectivity index (χ0v) is 9.29. The molecular weight excluding hydrogens is 174 g/mol. The van der Waals surface area contributed by atoms with Gasteiger partial charge in [-0.3, -0.25) is 5.10 Å². The molecular formula is C11H21N3. The first-order chi connectivity index (χ1) is 6.88. The molecule has 1 aromatic heterocycles. The number of H-pyrrole nitrogens is 1. The van der Waals surface area contributed by atoms with E-state index < -0.39 is 0 Å². The van der Waals surface area contributed by atoms with Crippen LogP contribution in [0.25, 0.3) is 0 Å². The monoisotopic (exact) mass is 195 g/mol. The van der Waals surface area contributed by atoms with Crippen molar-refractivity contribution in [2.24, 2.45) is 0 Å². The molecule has 0 aliphatic carbocycles. The molecule has 1 rings (SSSR count). The molecule has 1 unspecified atom stereocenters. The molecule has 1 heterocycles. The number of rotatable bonds is 7. The van der Waals surface area contributed by atoms with Gasteiger partial charge in [0.2, 0.25) is 0 Å². The Bertz CT molecular complexity index is 218. The third-order valence-electron chi connectivity index (χ3n) is 2.61. The molecule has 0 aromatic carbocycles. The van der Waals surface area contributed by atoms with Gasteiger partial charge >= 0.3 is 0 Å². The van der Waals surface area contributed by atoms with Crippen LogP contribution in [0.3, 0.4) is 0 Å². The van der Waals surface area contributed by atoms with Crippen LogP contribution in [-0.4, -0.2) is 15.2 Å². The molecule has 14 heavy (non-hydrogen) atoms. The van der Waals surface area contributed by atoms with E-state index >= 15 is 0 Å². The number of nitrogens with one attached hydrogen (secondary N) is 1. The van der Waals surface area contributed by atoms with E-state index in [1.807, 2.05) is 0 Å². The maximum atomic E-state index is 4.25. The molecule has 0 saturated heterocycles. The van der Waals surface area contributed by atoms with Gasteiger partial charge in [-0.1, -0.05) is 39.5 Å². The molecule has 0 saturated carbocycles. The smallest absolute Gasteiger partial charge is 0.137 e. The third kappa shape index (κ3) is 3.48. The van der Waals surface area contributed by atoms with Gasteiger partial charge in [-0.25, -0.2) is 4.98 Å². The minimum Gasteiger partial charge on any atom is -0.263 e. The highest BCUT2D eigenvalue weighted by Gasteiger charge is 2.12. The van der Waals surface area contributed by atoms with E-state index in [4.69, 9.17) is 0 Å². The first-order valence-corrected chi connectivity index (χ1v) is 5.73. The summed E-state index contributed by atoms with van der Waals surface area (Å²) >= 11 is 0. The molecule has 0 aliphatic rings. The van der Waals surface area contributed by atoms with Crippen molar-refractivity contribution in [1.29, 1.82) is 0 Å². The Morgan fingerprint density at radius 3 is 2.64 bits per heavy atom. The van der Waals surface area contributed by atoms with Crippen LogP contribution >= 0.6 is 0 Å². The van der Waals surface area contributed by atoms with Crippen molar-refractivity contribution in [2.45, 2.75) is 58.3 Å². The zero-order valence-electron chi connectivity index (χ0n) is 9.29. The maximum Gasteiger partial charge on any atom is 0.137 e. The second-order valence-corrected chi connectivity index (χ2v) is 3.85. The highest BCUT2D eigenvalue weighted by atomic mass is 15.2. The van der Waals surface area contributed by atoms with Crippen molar-refractivity contribution in [3.63, 3.8) is 0 Å². The van der Waals surface area contributed by atoms with E-state index in [1.165, 1.54) is 38.5 Å². The lowest BCUT2D eigenvalue weighted by molar-refractivity contribution is 0.509. The standard InChI is InChI=1S/C11H21N3/c1-3-5-6-8-10(7-4-2)11-12-9-13-14-11/h9-10H,3-8H2,1-2H3,(H,12,13,14). The predicted octanol–water partition coefficient (Wildman–Crippen LogP) is 3.27. The SMILES string of the molecule is CCCCCC(CCC)c1ncn[nH]1. The summed E-state index contributed by atoms with van der Waals surface area (Å²) in [6, 6.07) is 0. The van der Waals surface area contributed by atoms with Gasteiger partial charge in [0.05, 0.1) is 0 Å². The molecule has 0 spiro atoms. The Hall–Kier alpha value is -0.860. The first-order valence-electron chi connectivity index (χ1n) is 5.73. The molecule has 1 aromatic rings. The lowest BCUT2D eigenvalue weighted by Crippen LogP contribution is -2.01. The van der Waals surface area contributed by atoms with Crippen LogP contribution in [0.2, 0.25) is 0 Å². The molecule has 1 N–H and O–H groups in total. The normalized spacial score (nSPS) is 13.0. The van der Waals surface area contributed by atoms with Gasteiger partial charge in [0, 0.05) is 5.92 Å². The Morgan fingerprint density at radius 2 is 2.07 bits per heavy atom. The van der Waals surface area contributed by atoms with Crippen LogP contribution in [0.5, 0.6) is 0 Å². The van der Waals surface area contributed by atoms with Crippen LogP contribution in [0.1, 0.15) is 64.1 Å². The molecule has 1 atom stereocenters. The van der Waals surface area contributed by atoms with Gasteiger partial charge in [0.15, 0.2) is 0 Å². The second kappa shape index (κ2) is 6.57. The summed E-state index contributed by atoms with van der Waals surface area (Å²) in [5.74, 6) is 1.66. The number of unbranched alkanes of at least 4 members (excludes halogenated alkanes) is 2. The summed E-state index contributed by atoms with van der Waals surface area (Å²) < 4.78 is 0. The van der Waals surface area contributed by atoms with Crippen LogP contribution in [0, 0.1) is 0 Å². The van der Waals surface area contributed by atoms with Crippen molar-refractivity contribution in [2.75, 3.05) is 0 Å². The predicted molar refractivity (Wildman–Crippen MR) is 58.2 cm³/mol. The summed E-state index contributed by atoms with van der Waals surface area (Å²) in [5.41, 5.74) is 0. The molecule has 3 nitrogen and oxygen atoms in total. The van der Waals surface area contributed by atoms with E-state index in [2.05, 4.69) is 29.0 Å². The number of aromatic amines is 1. The minimum atomic E-state index is 0.592. The Labute approximate surface area is 86.3 Å². The van der Waals surface area contributed by atoms with Crippen molar-refractivity contribution in [3.8, 4) is 0 Å². The van der Waals surface area contributed by atoms with Crippen LogP contribution in [0.15, 0.2) is 6.33 Å². The molecule has 0 aliphatic heterocycles. The average molecular weight is 195 g/mol. The molecule has 0 fully saturated rings. The minimum absolute atomic E-state index is 0.592. The van der Waals surface area contributed by atoms with Crippen LogP contribution in [0.4, 0.5) is 0 Å². The second-order valence-electron chi connectivity index (χ2n) is 3.85. The van der Waals surface area contributed by atoms with Crippen LogP contribution in [-0.2, 0) is 0 Å². The lowest BCUT2D eigenvalue weighted by atomic mass is 9.96. The lowest BCUT2D eigenvalue weighted by Gasteiger charge is -2.12. The van der Waals surface area contributed by atoms with Gasteiger partial charge in [-0.05, 0) is 12.8 Å². The fourth-order valence-corrected chi connectivity index (χ4v) is 1.82. The molecule has 0 radical (unpaired) electrons. The zero-order chi connectivity index (χ0) is 10.2.